The van der Waals surface area contributed by atoms with E-state index in [-0.39, 0.29) is 18.5 Å². The van der Waals surface area contributed by atoms with Crippen molar-refractivity contribution in [3.8, 4) is 0 Å². The van der Waals surface area contributed by atoms with Crippen molar-refractivity contribution in [3.63, 3.8) is 0 Å². The van der Waals surface area contributed by atoms with Crippen LogP contribution in [0.15, 0.2) is 24.3 Å². The Morgan fingerprint density at radius 2 is 1.77 bits per heavy atom. The quantitative estimate of drug-likeness (QED) is 0.743. The van der Waals surface area contributed by atoms with Gasteiger partial charge in [-0.15, -0.1) is 12.4 Å². The zero-order valence-electron chi connectivity index (χ0n) is 14.8. The summed E-state index contributed by atoms with van der Waals surface area (Å²) in [5.41, 5.74) is -0.235. The van der Waals surface area contributed by atoms with Crippen LogP contribution in [0.3, 0.4) is 0 Å². The molecule has 1 aromatic rings. The van der Waals surface area contributed by atoms with Gasteiger partial charge in [-0.25, -0.2) is 0 Å². The fourth-order valence-electron chi connectivity index (χ4n) is 3.93. The molecule has 0 amide bonds. The van der Waals surface area contributed by atoms with Gasteiger partial charge < -0.3 is 9.47 Å². The molecule has 0 bridgehead atoms. The molecule has 2 unspecified atom stereocenters. The van der Waals surface area contributed by atoms with Crippen LogP contribution in [0.4, 0.5) is 13.2 Å². The molecule has 0 spiro atoms. The first-order chi connectivity index (χ1) is 12.1. The van der Waals surface area contributed by atoms with Gasteiger partial charge in [0.05, 0.1) is 31.5 Å². The van der Waals surface area contributed by atoms with E-state index in [4.69, 9.17) is 9.47 Å². The second kappa shape index (κ2) is 9.93. The van der Waals surface area contributed by atoms with Crippen LogP contribution in [0.2, 0.25) is 0 Å². The first-order valence-electron chi connectivity index (χ1n) is 9.14. The van der Waals surface area contributed by atoms with Gasteiger partial charge in [0.15, 0.2) is 0 Å². The summed E-state index contributed by atoms with van der Waals surface area (Å²) < 4.78 is 50.7. The molecule has 1 heterocycles. The molecule has 0 radical (unpaired) electrons. The fourth-order valence-corrected chi connectivity index (χ4v) is 3.93. The Morgan fingerprint density at radius 3 is 2.50 bits per heavy atom. The van der Waals surface area contributed by atoms with Gasteiger partial charge in [-0.1, -0.05) is 31.0 Å². The highest BCUT2D eigenvalue weighted by Gasteiger charge is 2.34. The number of nitrogens with zero attached hydrogens (tertiary/aromatic N) is 1. The van der Waals surface area contributed by atoms with Crippen LogP contribution in [0.25, 0.3) is 0 Å². The highest BCUT2D eigenvalue weighted by molar-refractivity contribution is 5.85. The predicted octanol–water partition coefficient (Wildman–Crippen LogP) is 4.33. The Morgan fingerprint density at radius 1 is 1.08 bits per heavy atom. The van der Waals surface area contributed by atoms with Crippen molar-refractivity contribution in [1.29, 1.82) is 0 Å². The van der Waals surface area contributed by atoms with E-state index in [0.29, 0.717) is 24.6 Å². The maximum atomic E-state index is 13.1. The number of alkyl halides is 3. The average Bonchev–Trinajstić information content (AvgIpc) is 2.62. The van der Waals surface area contributed by atoms with Crippen molar-refractivity contribution >= 4 is 12.4 Å². The summed E-state index contributed by atoms with van der Waals surface area (Å²) in [5.74, 6) is 0. The molecular formula is C19H27ClF3NO2. The van der Waals surface area contributed by atoms with E-state index in [0.717, 1.165) is 51.6 Å². The highest BCUT2D eigenvalue weighted by atomic mass is 35.5. The lowest BCUT2D eigenvalue weighted by Crippen LogP contribution is -2.51. The summed E-state index contributed by atoms with van der Waals surface area (Å²) in [6, 6.07) is 6.15. The molecule has 1 saturated heterocycles. The Labute approximate surface area is 159 Å². The molecule has 2 aliphatic rings. The number of ether oxygens (including phenoxy) is 2. The van der Waals surface area contributed by atoms with Gasteiger partial charge >= 0.3 is 6.18 Å². The molecule has 1 aliphatic carbocycles. The molecule has 1 aromatic carbocycles. The minimum atomic E-state index is -4.31. The van der Waals surface area contributed by atoms with Gasteiger partial charge in [0, 0.05) is 19.1 Å². The smallest absolute Gasteiger partial charge is 0.379 e. The fraction of sp³-hybridized carbons (Fsp3) is 0.684. The van der Waals surface area contributed by atoms with E-state index in [9.17, 15) is 13.2 Å². The summed E-state index contributed by atoms with van der Waals surface area (Å²) in [5, 5.41) is 0. The van der Waals surface area contributed by atoms with Crippen LogP contribution in [-0.2, 0) is 22.1 Å². The van der Waals surface area contributed by atoms with E-state index >= 15 is 0 Å². The first kappa shape index (κ1) is 21.5. The number of hydrogen-bond acceptors (Lipinski definition) is 3. The van der Waals surface area contributed by atoms with Crippen molar-refractivity contribution < 1.29 is 22.6 Å². The molecule has 0 aromatic heterocycles. The maximum absolute atomic E-state index is 13.1. The Balaban J connectivity index is 0.00000243. The maximum Gasteiger partial charge on any atom is 0.416 e. The average molecular weight is 394 g/mol. The monoisotopic (exact) mass is 393 g/mol. The van der Waals surface area contributed by atoms with Gasteiger partial charge in [0.1, 0.15) is 0 Å². The summed E-state index contributed by atoms with van der Waals surface area (Å²) in [7, 11) is 0. The Hall–Kier alpha value is -0.820. The standard InChI is InChI=1S/C19H26F3NO2.ClH/c20-19(21,22)16-6-2-1-5-15(16)9-12-25-18-8-4-3-7-17(18)23-10-13-24-14-11-23;/h1-2,5-6,17-18H,3-4,7-14H2;1H. The lowest BCUT2D eigenvalue weighted by atomic mass is 9.91. The van der Waals surface area contributed by atoms with Gasteiger partial charge in [0.2, 0.25) is 0 Å². The van der Waals surface area contributed by atoms with E-state index in [1.54, 1.807) is 12.1 Å². The largest absolute Gasteiger partial charge is 0.416 e. The van der Waals surface area contributed by atoms with Crippen molar-refractivity contribution in [2.75, 3.05) is 32.9 Å². The molecule has 148 valence electrons. The SMILES string of the molecule is Cl.FC(F)(F)c1ccccc1CCOC1CCCCC1N1CCOCC1. The second-order valence-corrected chi connectivity index (χ2v) is 6.81. The van der Waals surface area contributed by atoms with Crippen LogP contribution >= 0.6 is 12.4 Å². The number of rotatable bonds is 5. The van der Waals surface area contributed by atoms with E-state index in [2.05, 4.69) is 4.90 Å². The third-order valence-corrected chi connectivity index (χ3v) is 5.21. The minimum absolute atomic E-state index is 0. The molecule has 2 fully saturated rings. The molecular weight excluding hydrogens is 367 g/mol. The molecule has 1 aliphatic heterocycles. The third-order valence-electron chi connectivity index (χ3n) is 5.21. The summed E-state index contributed by atoms with van der Waals surface area (Å²) in [6.07, 6.45) is 0.514. The number of halogens is 4. The van der Waals surface area contributed by atoms with Crippen LogP contribution in [-0.4, -0.2) is 50.0 Å². The topological polar surface area (TPSA) is 21.7 Å². The summed E-state index contributed by atoms with van der Waals surface area (Å²) in [4.78, 5) is 2.43. The van der Waals surface area contributed by atoms with Crippen LogP contribution in [0.1, 0.15) is 36.8 Å². The van der Waals surface area contributed by atoms with E-state index in [1.165, 1.54) is 12.5 Å². The molecule has 3 rings (SSSR count). The van der Waals surface area contributed by atoms with Crippen molar-refractivity contribution in [3.05, 3.63) is 35.4 Å². The van der Waals surface area contributed by atoms with Crippen LogP contribution in [0, 0.1) is 0 Å². The molecule has 26 heavy (non-hydrogen) atoms. The van der Waals surface area contributed by atoms with Crippen LogP contribution < -0.4 is 0 Å². The van der Waals surface area contributed by atoms with Crippen LogP contribution in [0.5, 0.6) is 0 Å². The van der Waals surface area contributed by atoms with Gasteiger partial charge in [-0.2, -0.15) is 13.2 Å². The molecule has 3 nitrogen and oxygen atoms in total. The highest BCUT2D eigenvalue weighted by Crippen LogP contribution is 2.32. The van der Waals surface area contributed by atoms with Gasteiger partial charge in [-0.05, 0) is 30.9 Å². The zero-order valence-corrected chi connectivity index (χ0v) is 15.7. The minimum Gasteiger partial charge on any atom is -0.379 e. The Bertz CT molecular complexity index is 550. The Kier molecular flexibility index (Phi) is 8.20. The van der Waals surface area contributed by atoms with Crippen molar-refractivity contribution in [2.45, 2.75) is 50.4 Å². The zero-order chi connectivity index (χ0) is 17.7. The normalized spacial score (nSPS) is 24.9. The number of morpholine rings is 1. The molecule has 2 atom stereocenters. The molecule has 1 saturated carbocycles. The van der Waals surface area contributed by atoms with E-state index in [1.807, 2.05) is 0 Å². The van der Waals surface area contributed by atoms with E-state index < -0.39 is 11.7 Å². The third kappa shape index (κ3) is 5.59. The summed E-state index contributed by atoms with van der Waals surface area (Å²) in [6.45, 7) is 3.67. The lowest BCUT2D eigenvalue weighted by Gasteiger charge is -2.41. The van der Waals surface area contributed by atoms with Crippen molar-refractivity contribution in [2.24, 2.45) is 0 Å². The van der Waals surface area contributed by atoms with Gasteiger partial charge in [0.25, 0.3) is 0 Å². The first-order valence-corrected chi connectivity index (χ1v) is 9.14. The van der Waals surface area contributed by atoms with Gasteiger partial charge in [-0.3, -0.25) is 4.90 Å². The molecule has 7 heteroatoms. The number of benzene rings is 1. The van der Waals surface area contributed by atoms with Crippen molar-refractivity contribution in [1.82, 2.24) is 4.90 Å². The lowest BCUT2D eigenvalue weighted by molar-refractivity contribution is -0.138. The molecule has 0 N–H and O–H groups in total. The number of hydrogen-bond donors (Lipinski definition) is 0. The predicted molar refractivity (Wildman–Crippen MR) is 96.8 cm³/mol. The second-order valence-electron chi connectivity index (χ2n) is 6.81. The summed E-state index contributed by atoms with van der Waals surface area (Å²) >= 11 is 0.